The standard InChI is InChI=1S/C11H10N6/c12-10-9-6(7-4-5-14-17-7)2-1-3-8(9)15-11(13)16-10/h1-5H,(H,14,17)(H4,12,13,15,16). The van der Waals surface area contributed by atoms with Gasteiger partial charge < -0.3 is 11.5 Å². The molecule has 6 heteroatoms. The highest BCUT2D eigenvalue weighted by Gasteiger charge is 2.10. The number of H-pyrrole nitrogens is 1. The van der Waals surface area contributed by atoms with E-state index >= 15 is 0 Å². The summed E-state index contributed by atoms with van der Waals surface area (Å²) < 4.78 is 0. The van der Waals surface area contributed by atoms with Crippen molar-refractivity contribution in [3.63, 3.8) is 0 Å². The summed E-state index contributed by atoms with van der Waals surface area (Å²) in [5, 5.41) is 7.60. The van der Waals surface area contributed by atoms with Gasteiger partial charge in [-0.2, -0.15) is 10.1 Å². The SMILES string of the molecule is Nc1nc(N)c2c(-c3ccn[nH]3)cccc2n1. The van der Waals surface area contributed by atoms with Gasteiger partial charge in [0.25, 0.3) is 0 Å². The second-order valence-corrected chi connectivity index (χ2v) is 3.64. The molecule has 0 radical (unpaired) electrons. The van der Waals surface area contributed by atoms with Gasteiger partial charge in [0.2, 0.25) is 5.95 Å². The largest absolute Gasteiger partial charge is 0.383 e. The summed E-state index contributed by atoms with van der Waals surface area (Å²) in [6, 6.07) is 7.55. The summed E-state index contributed by atoms with van der Waals surface area (Å²) in [7, 11) is 0. The third-order valence-electron chi connectivity index (χ3n) is 2.56. The van der Waals surface area contributed by atoms with E-state index < -0.39 is 0 Å². The lowest BCUT2D eigenvalue weighted by molar-refractivity contribution is 1.10. The van der Waals surface area contributed by atoms with Crippen LogP contribution in [0.4, 0.5) is 11.8 Å². The lowest BCUT2D eigenvalue weighted by atomic mass is 10.1. The van der Waals surface area contributed by atoms with Crippen molar-refractivity contribution in [2.45, 2.75) is 0 Å². The number of nitrogens with two attached hydrogens (primary N) is 2. The fourth-order valence-corrected chi connectivity index (χ4v) is 1.86. The highest BCUT2D eigenvalue weighted by Crippen LogP contribution is 2.29. The van der Waals surface area contributed by atoms with Crippen LogP contribution in [0.2, 0.25) is 0 Å². The zero-order valence-electron chi connectivity index (χ0n) is 8.88. The van der Waals surface area contributed by atoms with Gasteiger partial charge in [0, 0.05) is 11.8 Å². The molecule has 0 aliphatic carbocycles. The van der Waals surface area contributed by atoms with Gasteiger partial charge >= 0.3 is 0 Å². The quantitative estimate of drug-likeness (QED) is 0.577. The third kappa shape index (κ3) is 1.46. The molecule has 0 amide bonds. The molecule has 1 aromatic carbocycles. The molecule has 3 aromatic rings. The van der Waals surface area contributed by atoms with Crippen LogP contribution in [0.1, 0.15) is 0 Å². The van der Waals surface area contributed by atoms with E-state index in [1.165, 1.54) is 0 Å². The summed E-state index contributed by atoms with van der Waals surface area (Å²) in [6.07, 6.45) is 1.68. The third-order valence-corrected chi connectivity index (χ3v) is 2.56. The van der Waals surface area contributed by atoms with Crippen molar-refractivity contribution in [3.05, 3.63) is 30.5 Å². The topological polar surface area (TPSA) is 106 Å². The summed E-state index contributed by atoms with van der Waals surface area (Å²) in [6.45, 7) is 0. The molecule has 0 atom stereocenters. The van der Waals surface area contributed by atoms with Gasteiger partial charge in [0.1, 0.15) is 5.82 Å². The van der Waals surface area contributed by atoms with E-state index in [2.05, 4.69) is 20.2 Å². The van der Waals surface area contributed by atoms with Crippen LogP contribution in [0.25, 0.3) is 22.2 Å². The molecule has 0 saturated heterocycles. The van der Waals surface area contributed by atoms with Gasteiger partial charge in [-0.3, -0.25) is 5.10 Å². The van der Waals surface area contributed by atoms with Gasteiger partial charge in [-0.1, -0.05) is 12.1 Å². The number of nitrogen functional groups attached to an aromatic ring is 2. The molecular formula is C11H10N6. The molecule has 3 rings (SSSR count). The second kappa shape index (κ2) is 3.44. The fraction of sp³-hybridized carbons (Fsp3) is 0. The van der Waals surface area contributed by atoms with E-state index in [1.54, 1.807) is 6.20 Å². The number of nitrogens with zero attached hydrogens (tertiary/aromatic N) is 3. The molecule has 0 aliphatic rings. The van der Waals surface area contributed by atoms with Crippen LogP contribution in [0.3, 0.4) is 0 Å². The Bertz CT molecular complexity index is 674. The summed E-state index contributed by atoms with van der Waals surface area (Å²) in [5.41, 5.74) is 14.0. The number of rotatable bonds is 1. The number of aromatic nitrogens is 4. The zero-order valence-corrected chi connectivity index (χ0v) is 8.88. The predicted octanol–water partition coefficient (Wildman–Crippen LogP) is 1.18. The van der Waals surface area contributed by atoms with Gasteiger partial charge in [-0.25, -0.2) is 4.98 Å². The number of benzene rings is 1. The first-order chi connectivity index (χ1) is 8.25. The van der Waals surface area contributed by atoms with Crippen molar-refractivity contribution >= 4 is 22.7 Å². The summed E-state index contributed by atoms with van der Waals surface area (Å²) in [4.78, 5) is 8.14. The number of nitrogens with one attached hydrogen (secondary N) is 1. The van der Waals surface area contributed by atoms with E-state index in [0.717, 1.165) is 22.2 Å². The zero-order chi connectivity index (χ0) is 11.8. The molecule has 2 heterocycles. The average Bonchev–Trinajstić information content (AvgIpc) is 2.80. The molecule has 0 aliphatic heterocycles. The molecular weight excluding hydrogens is 216 g/mol. The van der Waals surface area contributed by atoms with Crippen molar-refractivity contribution in [2.24, 2.45) is 0 Å². The van der Waals surface area contributed by atoms with Crippen molar-refractivity contribution in [2.75, 3.05) is 11.5 Å². The first-order valence-corrected chi connectivity index (χ1v) is 5.07. The van der Waals surface area contributed by atoms with E-state index in [9.17, 15) is 0 Å². The van der Waals surface area contributed by atoms with Crippen LogP contribution in [0.5, 0.6) is 0 Å². The average molecular weight is 226 g/mol. The molecule has 84 valence electrons. The summed E-state index contributed by atoms with van der Waals surface area (Å²) in [5.74, 6) is 0.550. The van der Waals surface area contributed by atoms with Crippen molar-refractivity contribution in [3.8, 4) is 11.3 Å². The number of anilines is 2. The van der Waals surface area contributed by atoms with E-state index in [-0.39, 0.29) is 5.95 Å². The van der Waals surface area contributed by atoms with Crippen molar-refractivity contribution < 1.29 is 0 Å². The van der Waals surface area contributed by atoms with Crippen molar-refractivity contribution in [1.82, 2.24) is 20.2 Å². The Kier molecular flexibility index (Phi) is 1.94. The highest BCUT2D eigenvalue weighted by atomic mass is 15.1. The normalized spacial score (nSPS) is 10.8. The smallest absolute Gasteiger partial charge is 0.222 e. The number of fused-ring (bicyclic) bond motifs is 1. The van der Waals surface area contributed by atoms with Crippen LogP contribution in [0, 0.1) is 0 Å². The fourth-order valence-electron chi connectivity index (χ4n) is 1.86. The van der Waals surface area contributed by atoms with Crippen LogP contribution in [-0.2, 0) is 0 Å². The lowest BCUT2D eigenvalue weighted by Crippen LogP contribution is -2.01. The molecule has 17 heavy (non-hydrogen) atoms. The molecule has 0 fully saturated rings. The minimum Gasteiger partial charge on any atom is -0.383 e. The molecule has 0 spiro atoms. The van der Waals surface area contributed by atoms with Crippen LogP contribution in [0.15, 0.2) is 30.5 Å². The molecule has 0 unspecified atom stereocenters. The number of hydrogen-bond donors (Lipinski definition) is 3. The Morgan fingerprint density at radius 3 is 2.71 bits per heavy atom. The monoisotopic (exact) mass is 226 g/mol. The van der Waals surface area contributed by atoms with Crippen LogP contribution in [-0.4, -0.2) is 20.2 Å². The minimum absolute atomic E-state index is 0.178. The maximum absolute atomic E-state index is 5.90. The Morgan fingerprint density at radius 2 is 1.94 bits per heavy atom. The van der Waals surface area contributed by atoms with Crippen LogP contribution >= 0.6 is 0 Å². The van der Waals surface area contributed by atoms with E-state index in [0.29, 0.717) is 5.82 Å². The van der Waals surface area contributed by atoms with E-state index in [4.69, 9.17) is 11.5 Å². The Balaban J connectivity index is 2.40. The highest BCUT2D eigenvalue weighted by molar-refractivity contribution is 6.00. The molecule has 6 nitrogen and oxygen atoms in total. The van der Waals surface area contributed by atoms with Crippen molar-refractivity contribution in [1.29, 1.82) is 0 Å². The molecule has 0 bridgehead atoms. The first-order valence-electron chi connectivity index (χ1n) is 5.07. The van der Waals surface area contributed by atoms with Gasteiger partial charge in [-0.05, 0) is 12.1 Å². The van der Waals surface area contributed by atoms with Gasteiger partial charge in [0.15, 0.2) is 0 Å². The van der Waals surface area contributed by atoms with Crippen LogP contribution < -0.4 is 11.5 Å². The Labute approximate surface area is 96.7 Å². The van der Waals surface area contributed by atoms with Gasteiger partial charge in [-0.15, -0.1) is 0 Å². The predicted molar refractivity (Wildman–Crippen MR) is 65.9 cm³/mol. The first kappa shape index (κ1) is 9.59. The number of hydrogen-bond acceptors (Lipinski definition) is 5. The Hall–Kier alpha value is -2.63. The number of aromatic amines is 1. The second-order valence-electron chi connectivity index (χ2n) is 3.64. The maximum atomic E-state index is 5.90. The minimum atomic E-state index is 0.178. The lowest BCUT2D eigenvalue weighted by Gasteiger charge is -2.06. The molecule has 5 N–H and O–H groups in total. The molecule has 2 aromatic heterocycles. The molecule has 0 saturated carbocycles. The van der Waals surface area contributed by atoms with Gasteiger partial charge in [0.05, 0.1) is 16.6 Å². The maximum Gasteiger partial charge on any atom is 0.222 e. The Morgan fingerprint density at radius 1 is 1.06 bits per heavy atom. The van der Waals surface area contributed by atoms with E-state index in [1.807, 2.05) is 24.3 Å². The summed E-state index contributed by atoms with van der Waals surface area (Å²) >= 11 is 0.